The summed E-state index contributed by atoms with van der Waals surface area (Å²) < 4.78 is 0. The molecule has 2 aliphatic rings. The second-order valence-corrected chi connectivity index (χ2v) is 6.61. The first-order valence-corrected chi connectivity index (χ1v) is 7.92. The van der Waals surface area contributed by atoms with Crippen LogP contribution in [0.5, 0.6) is 17.2 Å². The average Bonchev–Trinajstić information content (AvgIpc) is 2.55. The first-order chi connectivity index (χ1) is 11.4. The number of hydrogen-bond donors (Lipinski definition) is 3. The number of hydrogen-bond acceptors (Lipinski definition) is 5. The Morgan fingerprint density at radius 1 is 0.917 bits per heavy atom. The van der Waals surface area contributed by atoms with E-state index in [0.717, 1.165) is 6.42 Å². The predicted molar refractivity (Wildman–Crippen MR) is 85.9 cm³/mol. The summed E-state index contributed by atoms with van der Waals surface area (Å²) in [4.78, 5) is 25.6. The molecule has 2 aromatic carbocycles. The third-order valence-corrected chi connectivity index (χ3v) is 5.07. The molecule has 0 amide bonds. The summed E-state index contributed by atoms with van der Waals surface area (Å²) in [6.45, 7) is 2.04. The molecule has 0 aromatic heterocycles. The van der Waals surface area contributed by atoms with E-state index in [0.29, 0.717) is 29.9 Å². The Labute approximate surface area is 138 Å². The first kappa shape index (κ1) is 14.8. The van der Waals surface area contributed by atoms with Crippen LogP contribution >= 0.6 is 0 Å². The Bertz CT molecular complexity index is 926. The van der Waals surface area contributed by atoms with Crippen LogP contribution in [0.2, 0.25) is 0 Å². The zero-order valence-corrected chi connectivity index (χ0v) is 13.1. The van der Waals surface area contributed by atoms with Gasteiger partial charge in [0.1, 0.15) is 17.2 Å². The van der Waals surface area contributed by atoms with Crippen molar-refractivity contribution in [1.82, 2.24) is 0 Å². The average molecular weight is 324 g/mol. The molecule has 1 unspecified atom stereocenters. The van der Waals surface area contributed by atoms with E-state index in [9.17, 15) is 24.9 Å². The highest BCUT2D eigenvalue weighted by atomic mass is 16.3. The van der Waals surface area contributed by atoms with E-state index in [1.165, 1.54) is 18.2 Å². The van der Waals surface area contributed by atoms with Crippen LogP contribution in [0, 0.1) is 5.92 Å². The summed E-state index contributed by atoms with van der Waals surface area (Å²) in [5.41, 5.74) is 0.669. The number of benzene rings is 2. The second kappa shape index (κ2) is 4.84. The van der Waals surface area contributed by atoms with Crippen LogP contribution in [-0.2, 0) is 12.8 Å². The monoisotopic (exact) mass is 324 g/mol. The molecule has 0 fully saturated rings. The van der Waals surface area contributed by atoms with Crippen molar-refractivity contribution in [3.05, 3.63) is 51.6 Å². The van der Waals surface area contributed by atoms with Crippen LogP contribution in [-0.4, -0.2) is 26.9 Å². The lowest BCUT2D eigenvalue weighted by Gasteiger charge is -2.28. The van der Waals surface area contributed by atoms with E-state index >= 15 is 0 Å². The molecule has 4 rings (SSSR count). The van der Waals surface area contributed by atoms with Gasteiger partial charge in [0, 0.05) is 16.7 Å². The third kappa shape index (κ3) is 1.75. The second-order valence-electron chi connectivity index (χ2n) is 6.61. The van der Waals surface area contributed by atoms with Gasteiger partial charge in [-0.1, -0.05) is 19.1 Å². The summed E-state index contributed by atoms with van der Waals surface area (Å²) >= 11 is 0. The molecular formula is C19H16O5. The van der Waals surface area contributed by atoms with Gasteiger partial charge in [-0.25, -0.2) is 0 Å². The fourth-order valence-corrected chi connectivity index (χ4v) is 3.82. The van der Waals surface area contributed by atoms with Gasteiger partial charge in [-0.2, -0.15) is 0 Å². The Hall–Kier alpha value is -2.82. The highest BCUT2D eigenvalue weighted by Gasteiger charge is 2.39. The molecule has 3 N–H and O–H groups in total. The first-order valence-electron chi connectivity index (χ1n) is 7.92. The van der Waals surface area contributed by atoms with Gasteiger partial charge < -0.3 is 15.3 Å². The lowest BCUT2D eigenvalue weighted by Crippen LogP contribution is -2.24. The molecule has 0 aliphatic heterocycles. The molecule has 5 nitrogen and oxygen atoms in total. The van der Waals surface area contributed by atoms with E-state index < -0.39 is 11.6 Å². The highest BCUT2D eigenvalue weighted by Crippen LogP contribution is 2.47. The Kier molecular flexibility index (Phi) is 2.97. The SMILES string of the molecule is CC1CCc2c(O)c3c(c(O)c2C1)C(=O)c1cccc(O)c1C3=O. The van der Waals surface area contributed by atoms with Gasteiger partial charge in [-0.05, 0) is 31.2 Å². The quantitative estimate of drug-likeness (QED) is 0.553. The molecule has 2 aromatic rings. The van der Waals surface area contributed by atoms with Crippen molar-refractivity contribution in [3.63, 3.8) is 0 Å². The number of phenols is 3. The number of ketones is 2. The fourth-order valence-electron chi connectivity index (χ4n) is 3.82. The molecule has 0 radical (unpaired) electrons. The van der Waals surface area contributed by atoms with Crippen molar-refractivity contribution >= 4 is 11.6 Å². The molecule has 1 atom stereocenters. The molecule has 2 aliphatic carbocycles. The van der Waals surface area contributed by atoms with Gasteiger partial charge in [0.2, 0.25) is 5.78 Å². The number of carbonyl (C=O) groups excluding carboxylic acids is 2. The number of rotatable bonds is 0. The van der Waals surface area contributed by atoms with Crippen molar-refractivity contribution in [2.45, 2.75) is 26.2 Å². The standard InChI is InChI=1S/C19H16O5/c1-8-5-6-9-11(7-8)18(23)14-15(16(9)21)19(24)13-10(17(14)22)3-2-4-12(13)20/h2-4,8,20-21,23H,5-7H2,1H3. The van der Waals surface area contributed by atoms with E-state index in [4.69, 9.17) is 0 Å². The van der Waals surface area contributed by atoms with Crippen molar-refractivity contribution in [2.75, 3.05) is 0 Å². The number of phenolic OH excluding ortho intramolecular Hbond substituents is 3. The summed E-state index contributed by atoms with van der Waals surface area (Å²) in [6, 6.07) is 4.24. The molecule has 0 heterocycles. The van der Waals surface area contributed by atoms with Crippen LogP contribution in [0.15, 0.2) is 18.2 Å². The highest BCUT2D eigenvalue weighted by molar-refractivity contribution is 6.31. The van der Waals surface area contributed by atoms with Crippen molar-refractivity contribution in [3.8, 4) is 17.2 Å². The van der Waals surface area contributed by atoms with Crippen LogP contribution < -0.4 is 0 Å². The number of aromatic hydroxyl groups is 3. The number of carbonyl (C=O) groups is 2. The molecule has 122 valence electrons. The zero-order chi connectivity index (χ0) is 17.2. The maximum absolute atomic E-state index is 12.8. The van der Waals surface area contributed by atoms with E-state index in [1.54, 1.807) is 0 Å². The molecular weight excluding hydrogens is 308 g/mol. The van der Waals surface area contributed by atoms with Gasteiger partial charge >= 0.3 is 0 Å². The van der Waals surface area contributed by atoms with Crippen LogP contribution in [0.4, 0.5) is 0 Å². The van der Waals surface area contributed by atoms with Gasteiger partial charge in [-0.3, -0.25) is 9.59 Å². The Balaban J connectivity index is 2.07. The van der Waals surface area contributed by atoms with Gasteiger partial charge in [0.05, 0.1) is 16.7 Å². The topological polar surface area (TPSA) is 94.8 Å². The summed E-state index contributed by atoms with van der Waals surface area (Å²) in [6.07, 6.45) is 1.93. The Morgan fingerprint density at radius 2 is 1.58 bits per heavy atom. The van der Waals surface area contributed by atoms with Crippen molar-refractivity contribution in [2.24, 2.45) is 5.92 Å². The van der Waals surface area contributed by atoms with Crippen LogP contribution in [0.1, 0.15) is 56.3 Å². The van der Waals surface area contributed by atoms with Crippen molar-refractivity contribution < 1.29 is 24.9 Å². The minimum atomic E-state index is -0.632. The lowest BCUT2D eigenvalue weighted by molar-refractivity contribution is 0.0971. The Morgan fingerprint density at radius 3 is 2.33 bits per heavy atom. The van der Waals surface area contributed by atoms with Crippen molar-refractivity contribution in [1.29, 1.82) is 0 Å². The van der Waals surface area contributed by atoms with Gasteiger partial charge in [-0.15, -0.1) is 0 Å². The molecule has 0 bridgehead atoms. The largest absolute Gasteiger partial charge is 0.507 e. The maximum atomic E-state index is 12.8. The molecule has 0 saturated heterocycles. The zero-order valence-electron chi connectivity index (χ0n) is 13.1. The van der Waals surface area contributed by atoms with Gasteiger partial charge in [0.15, 0.2) is 5.78 Å². The summed E-state index contributed by atoms with van der Waals surface area (Å²) in [5.74, 6) is -1.61. The van der Waals surface area contributed by atoms with Gasteiger partial charge in [0.25, 0.3) is 0 Å². The molecule has 0 spiro atoms. The van der Waals surface area contributed by atoms with E-state index in [-0.39, 0.29) is 39.5 Å². The van der Waals surface area contributed by atoms with E-state index in [2.05, 4.69) is 0 Å². The minimum Gasteiger partial charge on any atom is -0.507 e. The molecule has 5 heteroatoms. The maximum Gasteiger partial charge on any atom is 0.202 e. The molecule has 0 saturated carbocycles. The third-order valence-electron chi connectivity index (χ3n) is 5.07. The fraction of sp³-hybridized carbons (Fsp3) is 0.263. The van der Waals surface area contributed by atoms with E-state index in [1.807, 2.05) is 6.92 Å². The van der Waals surface area contributed by atoms with Crippen LogP contribution in [0.3, 0.4) is 0 Å². The predicted octanol–water partition coefficient (Wildman–Crippen LogP) is 2.70. The minimum absolute atomic E-state index is 0.0472. The smallest absolute Gasteiger partial charge is 0.202 e. The summed E-state index contributed by atoms with van der Waals surface area (Å²) in [7, 11) is 0. The molecule has 24 heavy (non-hydrogen) atoms. The lowest BCUT2D eigenvalue weighted by atomic mass is 9.76. The number of fused-ring (bicyclic) bond motifs is 3. The normalized spacial score (nSPS) is 18.8. The summed E-state index contributed by atoms with van der Waals surface area (Å²) in [5, 5.41) is 31.3. The van der Waals surface area contributed by atoms with Crippen LogP contribution in [0.25, 0.3) is 0 Å².